The van der Waals surface area contributed by atoms with E-state index in [2.05, 4.69) is 4.85 Å². The fourth-order valence-electron chi connectivity index (χ4n) is 3.69. The lowest BCUT2D eigenvalue weighted by Crippen LogP contribution is -2.38. The first-order valence-electron chi connectivity index (χ1n) is 10.0. The number of rotatable bonds is 6. The van der Waals surface area contributed by atoms with Gasteiger partial charge in [0.15, 0.2) is 5.69 Å². The molecule has 6 heteroatoms. The molecule has 1 heterocycles. The molecule has 0 radical (unpaired) electrons. The summed E-state index contributed by atoms with van der Waals surface area (Å²) in [6, 6.07) is 12.8. The van der Waals surface area contributed by atoms with Gasteiger partial charge in [-0.25, -0.2) is 9.64 Å². The van der Waals surface area contributed by atoms with Gasteiger partial charge in [0.1, 0.15) is 0 Å². The van der Waals surface area contributed by atoms with Crippen molar-refractivity contribution >= 4 is 17.6 Å². The number of hydrogen-bond acceptors (Lipinski definition) is 4. The van der Waals surface area contributed by atoms with Crippen molar-refractivity contribution in [2.45, 2.75) is 26.4 Å². The fourth-order valence-corrected chi connectivity index (χ4v) is 3.69. The number of benzene rings is 2. The second-order valence-corrected chi connectivity index (χ2v) is 7.54. The maximum absolute atomic E-state index is 12.1. The van der Waals surface area contributed by atoms with Crippen LogP contribution in [0.5, 0.6) is 0 Å². The van der Waals surface area contributed by atoms with Gasteiger partial charge in [-0.05, 0) is 59.7 Å². The van der Waals surface area contributed by atoms with Crippen LogP contribution in [0.25, 0.3) is 16.0 Å². The third-order valence-corrected chi connectivity index (χ3v) is 5.40. The van der Waals surface area contributed by atoms with E-state index in [-0.39, 0.29) is 5.91 Å². The Morgan fingerprint density at radius 2 is 1.90 bits per heavy atom. The molecule has 30 heavy (non-hydrogen) atoms. The maximum atomic E-state index is 12.1. The molecular formula is C24H26N2O4. The highest BCUT2D eigenvalue weighted by molar-refractivity contribution is 5.91. The molecule has 0 atom stereocenters. The summed E-state index contributed by atoms with van der Waals surface area (Å²) in [5, 5.41) is 0. The van der Waals surface area contributed by atoms with Crippen LogP contribution in [-0.2, 0) is 20.9 Å². The predicted molar refractivity (Wildman–Crippen MR) is 114 cm³/mol. The lowest BCUT2D eigenvalue weighted by atomic mass is 9.97. The number of amides is 1. The highest BCUT2D eigenvalue weighted by Gasteiger charge is 2.20. The van der Waals surface area contributed by atoms with E-state index in [0.29, 0.717) is 30.4 Å². The first kappa shape index (κ1) is 21.5. The van der Waals surface area contributed by atoms with Crippen LogP contribution in [-0.4, -0.2) is 43.6 Å². The molecule has 156 valence electrons. The van der Waals surface area contributed by atoms with Gasteiger partial charge in [-0.3, -0.25) is 4.79 Å². The highest BCUT2D eigenvalue weighted by Crippen LogP contribution is 2.27. The molecule has 1 fully saturated rings. The largest absolute Gasteiger partial charge is 0.465 e. The van der Waals surface area contributed by atoms with Crippen LogP contribution in [0.3, 0.4) is 0 Å². The predicted octanol–water partition coefficient (Wildman–Crippen LogP) is 4.47. The lowest BCUT2D eigenvalue weighted by molar-refractivity contribution is -0.130. The molecule has 2 aromatic rings. The van der Waals surface area contributed by atoms with Crippen LogP contribution in [0.4, 0.5) is 5.69 Å². The first-order valence-corrected chi connectivity index (χ1v) is 10.0. The van der Waals surface area contributed by atoms with Crippen LogP contribution in [0.2, 0.25) is 0 Å². The number of likely N-dealkylation sites (tertiary alicyclic amines) is 1. The van der Waals surface area contributed by atoms with E-state index in [4.69, 9.17) is 16.0 Å². The summed E-state index contributed by atoms with van der Waals surface area (Å²) in [6.45, 7) is 11.4. The molecule has 0 aromatic heterocycles. The van der Waals surface area contributed by atoms with Crippen molar-refractivity contribution in [3.8, 4) is 11.1 Å². The Balaban J connectivity index is 1.70. The lowest BCUT2D eigenvalue weighted by Gasteiger charge is -2.31. The minimum absolute atomic E-state index is 0.129. The van der Waals surface area contributed by atoms with E-state index >= 15 is 0 Å². The summed E-state index contributed by atoms with van der Waals surface area (Å²) in [5.74, 6) is 0.152. The summed E-state index contributed by atoms with van der Waals surface area (Å²) in [6.07, 6.45) is 1.88. The van der Waals surface area contributed by atoms with Crippen molar-refractivity contribution < 1.29 is 19.1 Å². The third-order valence-electron chi connectivity index (χ3n) is 5.40. The molecule has 0 bridgehead atoms. The summed E-state index contributed by atoms with van der Waals surface area (Å²) in [5.41, 5.74) is 3.59. The SMILES string of the molecule is [C-]#[N+]c1cccc(-c2cc(COCC3CCN(C(C)=O)CC3)cc(C(=O)OC)c2)c1. The van der Waals surface area contributed by atoms with Gasteiger partial charge in [0.25, 0.3) is 0 Å². The first-order chi connectivity index (χ1) is 14.5. The van der Waals surface area contributed by atoms with E-state index in [9.17, 15) is 9.59 Å². The van der Waals surface area contributed by atoms with E-state index in [0.717, 1.165) is 42.6 Å². The standard InChI is InChI=1S/C24H26N2O4/c1-17(27)26-9-7-18(8-10-26)15-30-16-19-11-21(13-22(12-19)24(28)29-3)20-5-4-6-23(14-20)25-2/h4-6,11-14,18H,7-10,15-16H2,1,3H3. The molecule has 3 rings (SSSR count). The zero-order valence-corrected chi connectivity index (χ0v) is 17.4. The van der Waals surface area contributed by atoms with Crippen LogP contribution >= 0.6 is 0 Å². The Labute approximate surface area is 177 Å². The van der Waals surface area contributed by atoms with Crippen molar-refractivity contribution in [2.24, 2.45) is 5.92 Å². The number of carbonyl (C=O) groups excluding carboxylic acids is 2. The molecule has 0 saturated carbocycles. The molecule has 0 aliphatic carbocycles. The van der Waals surface area contributed by atoms with Gasteiger partial charge in [0.2, 0.25) is 5.91 Å². The van der Waals surface area contributed by atoms with E-state index in [1.54, 1.807) is 31.2 Å². The minimum atomic E-state index is -0.406. The summed E-state index contributed by atoms with van der Waals surface area (Å²) in [7, 11) is 1.36. The summed E-state index contributed by atoms with van der Waals surface area (Å²) >= 11 is 0. The Morgan fingerprint density at radius 3 is 2.57 bits per heavy atom. The number of carbonyl (C=O) groups is 2. The fraction of sp³-hybridized carbons (Fsp3) is 0.375. The minimum Gasteiger partial charge on any atom is -0.465 e. The van der Waals surface area contributed by atoms with Gasteiger partial charge in [-0.2, -0.15) is 0 Å². The highest BCUT2D eigenvalue weighted by atomic mass is 16.5. The van der Waals surface area contributed by atoms with Crippen molar-refractivity contribution in [1.29, 1.82) is 0 Å². The van der Waals surface area contributed by atoms with Gasteiger partial charge in [-0.1, -0.05) is 18.2 Å². The Morgan fingerprint density at radius 1 is 1.13 bits per heavy atom. The molecular weight excluding hydrogens is 380 g/mol. The van der Waals surface area contributed by atoms with Crippen LogP contribution in [0, 0.1) is 12.5 Å². The number of nitrogens with zero attached hydrogens (tertiary/aromatic N) is 2. The third kappa shape index (κ3) is 5.46. The van der Waals surface area contributed by atoms with Crippen LogP contribution < -0.4 is 0 Å². The topological polar surface area (TPSA) is 60.2 Å². The Hall–Kier alpha value is -3.17. The summed E-state index contributed by atoms with van der Waals surface area (Å²) < 4.78 is 10.9. The molecule has 0 unspecified atom stereocenters. The van der Waals surface area contributed by atoms with Gasteiger partial charge in [0, 0.05) is 26.6 Å². The number of ether oxygens (including phenoxy) is 2. The van der Waals surface area contributed by atoms with Crippen LogP contribution in [0.1, 0.15) is 35.7 Å². The maximum Gasteiger partial charge on any atom is 0.337 e. The second-order valence-electron chi connectivity index (χ2n) is 7.54. The van der Waals surface area contributed by atoms with Crippen LogP contribution in [0.15, 0.2) is 42.5 Å². The Bertz CT molecular complexity index is 956. The van der Waals surface area contributed by atoms with Crippen molar-refractivity contribution in [1.82, 2.24) is 4.90 Å². The van der Waals surface area contributed by atoms with E-state index in [1.807, 2.05) is 23.1 Å². The van der Waals surface area contributed by atoms with Crippen molar-refractivity contribution in [3.05, 3.63) is 65.0 Å². The zero-order valence-electron chi connectivity index (χ0n) is 17.4. The second kappa shape index (κ2) is 10.0. The van der Waals surface area contributed by atoms with E-state index in [1.165, 1.54) is 7.11 Å². The van der Waals surface area contributed by atoms with E-state index < -0.39 is 5.97 Å². The normalized spacial score (nSPS) is 14.2. The van der Waals surface area contributed by atoms with Gasteiger partial charge < -0.3 is 14.4 Å². The monoisotopic (exact) mass is 406 g/mol. The summed E-state index contributed by atoms with van der Waals surface area (Å²) in [4.78, 5) is 28.9. The molecule has 6 nitrogen and oxygen atoms in total. The van der Waals surface area contributed by atoms with Crippen molar-refractivity contribution in [2.75, 3.05) is 26.8 Å². The molecule has 0 N–H and O–H groups in total. The molecule has 1 aliphatic rings. The number of esters is 1. The molecule has 0 spiro atoms. The molecule has 2 aromatic carbocycles. The number of hydrogen-bond donors (Lipinski definition) is 0. The van der Waals surface area contributed by atoms with Gasteiger partial charge in [0.05, 0.1) is 25.9 Å². The molecule has 1 aliphatic heterocycles. The van der Waals surface area contributed by atoms with Crippen molar-refractivity contribution in [3.63, 3.8) is 0 Å². The molecule has 1 saturated heterocycles. The smallest absolute Gasteiger partial charge is 0.337 e. The van der Waals surface area contributed by atoms with Gasteiger partial charge in [-0.15, -0.1) is 0 Å². The number of piperidine rings is 1. The average Bonchev–Trinajstić information content (AvgIpc) is 2.78. The quantitative estimate of drug-likeness (QED) is 0.525. The van der Waals surface area contributed by atoms with Gasteiger partial charge >= 0.3 is 5.97 Å². The Kier molecular flexibility index (Phi) is 7.21. The average molecular weight is 406 g/mol. The molecule has 1 amide bonds. The zero-order chi connectivity index (χ0) is 21.5. The number of methoxy groups -OCH3 is 1.